The van der Waals surface area contributed by atoms with Crippen LogP contribution in [0.15, 0.2) is 85.1 Å². The van der Waals surface area contributed by atoms with E-state index in [4.69, 9.17) is 16.3 Å². The molecule has 0 spiro atoms. The van der Waals surface area contributed by atoms with Gasteiger partial charge in [-0.05, 0) is 56.5 Å². The Morgan fingerprint density at radius 2 is 1.68 bits per heavy atom. The van der Waals surface area contributed by atoms with Gasteiger partial charge in [-0.1, -0.05) is 60.1 Å². The summed E-state index contributed by atoms with van der Waals surface area (Å²) in [6.07, 6.45) is 1.27. The number of carbonyl (C=O) groups excluding carboxylic acids is 1. The fourth-order valence-electron chi connectivity index (χ4n) is 3.53. The van der Waals surface area contributed by atoms with E-state index in [-0.39, 0.29) is 13.2 Å². The molecule has 0 aliphatic rings. The molecule has 174 valence electrons. The van der Waals surface area contributed by atoms with E-state index in [0.717, 1.165) is 22.2 Å². The number of halogens is 1. The fraction of sp³-hybridized carbons (Fsp3) is 0.222. The van der Waals surface area contributed by atoms with Crippen molar-refractivity contribution in [3.63, 3.8) is 0 Å². The van der Waals surface area contributed by atoms with Crippen molar-refractivity contribution < 1.29 is 9.53 Å². The highest BCUT2D eigenvalue weighted by Gasteiger charge is 2.26. The molecule has 0 saturated heterocycles. The van der Waals surface area contributed by atoms with Gasteiger partial charge >= 0.3 is 6.09 Å². The molecule has 2 aromatic heterocycles. The second-order valence-electron chi connectivity index (χ2n) is 8.90. The minimum Gasteiger partial charge on any atom is -0.444 e. The summed E-state index contributed by atoms with van der Waals surface area (Å²) in [7, 11) is 0. The van der Waals surface area contributed by atoms with Gasteiger partial charge in [-0.2, -0.15) is 0 Å². The number of hydrogen-bond acceptors (Lipinski definition) is 5. The number of carbonyl (C=O) groups is 1. The minimum absolute atomic E-state index is 0.192. The third-order valence-corrected chi connectivity index (χ3v) is 5.36. The second-order valence-corrected chi connectivity index (χ2v) is 9.25. The van der Waals surface area contributed by atoms with E-state index in [1.165, 1.54) is 0 Å². The van der Waals surface area contributed by atoms with Crippen molar-refractivity contribution in [1.82, 2.24) is 14.9 Å². The smallest absolute Gasteiger partial charge is 0.412 e. The lowest BCUT2D eigenvalue weighted by Gasteiger charge is -2.33. The molecule has 0 aliphatic carbocycles. The summed E-state index contributed by atoms with van der Waals surface area (Å²) in [5, 5.41) is 2.24. The lowest BCUT2D eigenvalue weighted by molar-refractivity contribution is 0.0236. The Balaban J connectivity index is 1.75. The van der Waals surface area contributed by atoms with Crippen LogP contribution in [-0.2, 0) is 11.3 Å². The number of rotatable bonds is 6. The van der Waals surface area contributed by atoms with Crippen molar-refractivity contribution in [2.75, 3.05) is 11.6 Å². The van der Waals surface area contributed by atoms with Crippen LogP contribution in [0.5, 0.6) is 0 Å². The highest BCUT2D eigenvalue weighted by Crippen LogP contribution is 2.31. The maximum absolute atomic E-state index is 13.2. The minimum atomic E-state index is -0.637. The first kappa shape index (κ1) is 23.5. The zero-order chi connectivity index (χ0) is 24.1. The highest BCUT2D eigenvalue weighted by atomic mass is 35.5. The maximum Gasteiger partial charge on any atom is 0.412 e. The van der Waals surface area contributed by atoms with Gasteiger partial charge in [0.1, 0.15) is 23.2 Å². The van der Waals surface area contributed by atoms with Crippen LogP contribution < -0.4 is 4.90 Å². The van der Waals surface area contributed by atoms with Gasteiger partial charge in [0, 0.05) is 17.3 Å². The summed E-state index contributed by atoms with van der Waals surface area (Å²) < 4.78 is 5.72. The number of amides is 1. The van der Waals surface area contributed by atoms with Gasteiger partial charge in [-0.25, -0.2) is 9.78 Å². The number of benzene rings is 2. The second kappa shape index (κ2) is 10.1. The molecule has 0 atom stereocenters. The normalized spacial score (nSPS) is 11.3. The Morgan fingerprint density at radius 3 is 2.38 bits per heavy atom. The van der Waals surface area contributed by atoms with E-state index in [9.17, 15) is 4.79 Å². The molecule has 4 rings (SSSR count). The number of pyridine rings is 2. The van der Waals surface area contributed by atoms with Crippen molar-refractivity contribution in [2.24, 2.45) is 0 Å². The Bertz CT molecular complexity index is 1260. The van der Waals surface area contributed by atoms with E-state index in [2.05, 4.69) is 9.97 Å². The van der Waals surface area contributed by atoms with E-state index < -0.39 is 11.7 Å². The highest BCUT2D eigenvalue weighted by molar-refractivity contribution is 6.34. The van der Waals surface area contributed by atoms with Crippen LogP contribution in [0.1, 0.15) is 26.5 Å². The molecule has 2 heterocycles. The quantitative estimate of drug-likeness (QED) is 0.227. The molecule has 0 bridgehead atoms. The molecule has 34 heavy (non-hydrogen) atoms. The molecule has 2 aromatic carbocycles. The van der Waals surface area contributed by atoms with Crippen molar-refractivity contribution in [2.45, 2.75) is 32.9 Å². The molecule has 6 nitrogen and oxygen atoms in total. The molecule has 0 unspecified atom stereocenters. The molecule has 0 fully saturated rings. The number of aromatic nitrogens is 2. The first-order valence-electron chi connectivity index (χ1n) is 11.1. The van der Waals surface area contributed by atoms with Crippen LogP contribution in [-0.4, -0.2) is 33.2 Å². The summed E-state index contributed by atoms with van der Waals surface area (Å²) in [5.41, 5.74) is 0.989. The van der Waals surface area contributed by atoms with Gasteiger partial charge in [0.2, 0.25) is 0 Å². The first-order valence-corrected chi connectivity index (χ1v) is 11.4. The zero-order valence-corrected chi connectivity index (χ0v) is 20.2. The van der Waals surface area contributed by atoms with Gasteiger partial charge < -0.3 is 9.64 Å². The summed E-state index contributed by atoms with van der Waals surface area (Å²) in [6.45, 7) is 6.02. The van der Waals surface area contributed by atoms with E-state index in [1.54, 1.807) is 11.1 Å². The molecule has 0 saturated carbocycles. The van der Waals surface area contributed by atoms with E-state index >= 15 is 0 Å². The predicted molar refractivity (Wildman–Crippen MR) is 136 cm³/mol. The molecule has 0 aliphatic heterocycles. The lowest BCUT2D eigenvalue weighted by atomic mass is 10.1. The Hall–Kier alpha value is -3.64. The predicted octanol–water partition coefficient (Wildman–Crippen LogP) is 6.82. The maximum atomic E-state index is 13.2. The van der Waals surface area contributed by atoms with Crippen LogP contribution >= 0.6 is 11.6 Å². The first-order chi connectivity index (χ1) is 16.3. The lowest BCUT2D eigenvalue weighted by Crippen LogP contribution is -2.42. The third kappa shape index (κ3) is 5.83. The summed E-state index contributed by atoms with van der Waals surface area (Å²) in [4.78, 5) is 25.9. The largest absolute Gasteiger partial charge is 0.444 e. The molecule has 0 N–H and O–H groups in total. The Labute approximate surface area is 204 Å². The molecule has 1 amide bonds. The van der Waals surface area contributed by atoms with Gasteiger partial charge in [-0.15, -0.1) is 0 Å². The van der Waals surface area contributed by atoms with E-state index in [1.807, 2.05) is 105 Å². The fourth-order valence-corrected chi connectivity index (χ4v) is 3.79. The van der Waals surface area contributed by atoms with Crippen LogP contribution in [0.2, 0.25) is 5.15 Å². The van der Waals surface area contributed by atoms with Crippen molar-refractivity contribution in [3.8, 4) is 0 Å². The number of fused-ring (bicyclic) bond motifs is 1. The van der Waals surface area contributed by atoms with Crippen molar-refractivity contribution in [3.05, 3.63) is 95.9 Å². The zero-order valence-electron chi connectivity index (χ0n) is 19.5. The summed E-state index contributed by atoms with van der Waals surface area (Å²) in [5.74, 6) is 0.629. The van der Waals surface area contributed by atoms with E-state index in [0.29, 0.717) is 11.0 Å². The number of nitrogens with zero attached hydrogens (tertiary/aromatic N) is 4. The van der Waals surface area contributed by atoms with Crippen LogP contribution in [0.3, 0.4) is 0 Å². The van der Waals surface area contributed by atoms with Gasteiger partial charge in [0.15, 0.2) is 0 Å². The SMILES string of the molecule is CC(C)(C)OC(=O)N(Cc1ccccn1)CN(c1ccccc1)c1cc2ccccc2c(Cl)n1. The molecule has 7 heteroatoms. The molecular weight excluding hydrogens is 448 g/mol. The Kier molecular flexibility index (Phi) is 6.98. The molecular formula is C27H27ClN4O2. The number of anilines is 2. The molecule has 0 radical (unpaired) electrons. The standard InChI is InChI=1S/C27H27ClN4O2/c1-27(2,3)34-26(33)31(18-21-12-9-10-16-29-21)19-32(22-13-5-4-6-14-22)24-17-20-11-7-8-15-23(20)25(28)30-24/h4-17H,18-19H2,1-3H3. The van der Waals surface area contributed by atoms with Crippen molar-refractivity contribution >= 4 is 40.0 Å². The monoisotopic (exact) mass is 474 g/mol. The summed E-state index contributed by atoms with van der Waals surface area (Å²) >= 11 is 6.56. The third-order valence-electron chi connectivity index (χ3n) is 5.07. The summed E-state index contributed by atoms with van der Waals surface area (Å²) in [6, 6.07) is 25.2. The van der Waals surface area contributed by atoms with Gasteiger partial charge in [0.05, 0.1) is 12.2 Å². The average Bonchev–Trinajstić information content (AvgIpc) is 2.82. The van der Waals surface area contributed by atoms with Crippen LogP contribution in [0.4, 0.5) is 16.3 Å². The van der Waals surface area contributed by atoms with Crippen molar-refractivity contribution in [1.29, 1.82) is 0 Å². The average molecular weight is 475 g/mol. The Morgan fingerprint density at radius 1 is 0.971 bits per heavy atom. The number of para-hydroxylation sites is 1. The van der Waals surface area contributed by atoms with Gasteiger partial charge in [-0.3, -0.25) is 9.88 Å². The van der Waals surface area contributed by atoms with Crippen LogP contribution in [0, 0.1) is 0 Å². The van der Waals surface area contributed by atoms with Gasteiger partial charge in [0.25, 0.3) is 0 Å². The molecule has 4 aromatic rings. The number of ether oxygens (including phenoxy) is 1. The number of hydrogen-bond donors (Lipinski definition) is 0. The van der Waals surface area contributed by atoms with Crippen LogP contribution in [0.25, 0.3) is 10.8 Å². The topological polar surface area (TPSA) is 58.6 Å².